The van der Waals surface area contributed by atoms with Crippen LogP contribution in [0.15, 0.2) is 97.1 Å². The number of phenolic OH excluding ortho intramolecular Hbond substituents is 2. The Balaban J connectivity index is 0.00000116. The Morgan fingerprint density at radius 3 is 1.21 bits per heavy atom. The minimum Gasteiger partial charge on any atom is -0.504 e. The van der Waals surface area contributed by atoms with E-state index < -0.39 is 116 Å². The molecule has 98 heavy (non-hydrogen) atoms. The number of rotatable bonds is 18. The summed E-state index contributed by atoms with van der Waals surface area (Å²) in [6, 6.07) is 24.4. The topological polar surface area (TPSA) is 390 Å². The Morgan fingerprint density at radius 2 is 0.827 bits per heavy atom. The Bertz CT molecular complexity index is 3900. The number of carbonyl (C=O) groups is 9. The monoisotopic (exact) mass is 1440 g/mol. The fourth-order valence-electron chi connectivity index (χ4n) is 7.56. The zero-order chi connectivity index (χ0) is 74.5. The van der Waals surface area contributed by atoms with E-state index in [1.165, 1.54) is 66.7 Å². The normalized spacial score (nSPS) is 10.3. The van der Waals surface area contributed by atoms with Crippen molar-refractivity contribution >= 4 is 63.8 Å². The van der Waals surface area contributed by atoms with Crippen LogP contribution >= 0.6 is 0 Å². The van der Waals surface area contributed by atoms with Crippen molar-refractivity contribution in [2.24, 2.45) is 0 Å². The van der Waals surface area contributed by atoms with E-state index in [0.717, 1.165) is 69.4 Å². The molecular weight excluding hydrogens is 1370 g/mol. The number of halogens is 6. The van der Waals surface area contributed by atoms with Gasteiger partial charge in [-0.25, -0.2) is 43.2 Å². The molecule has 0 fully saturated rings. The molecule has 35 heteroatoms. The molecule has 528 valence electrons. The third kappa shape index (κ3) is 26.1. The van der Waals surface area contributed by atoms with Crippen LogP contribution in [0.5, 0.6) is 34.5 Å². The van der Waals surface area contributed by atoms with Crippen LogP contribution in [0.1, 0.15) is 121 Å². The molecule has 0 saturated heterocycles. The maximum atomic E-state index is 12.5. The van der Waals surface area contributed by atoms with Crippen molar-refractivity contribution in [1.29, 1.82) is 0 Å². The van der Waals surface area contributed by atoms with Gasteiger partial charge in [-0.3, -0.25) is 0 Å². The summed E-state index contributed by atoms with van der Waals surface area (Å²) in [7, 11) is 4.78. The van der Waals surface area contributed by atoms with Crippen molar-refractivity contribution in [2.75, 3.05) is 77.2 Å². The smallest absolute Gasteiger partial charge is 0.504 e. The maximum absolute atomic E-state index is 12.5. The molecule has 6 aromatic carbocycles. The van der Waals surface area contributed by atoms with Gasteiger partial charge < -0.3 is 77.1 Å². The number of hydrogen-bond acceptors (Lipinski definition) is 24. The number of phenols is 2. The molecule has 0 radical (unpaired) electrons. The second-order valence-corrected chi connectivity index (χ2v) is 20.1. The van der Waals surface area contributed by atoms with E-state index in [2.05, 4.69) is 37.3 Å². The molecule has 0 heterocycles. The largest absolute Gasteiger partial charge is 1.00 e. The number of esters is 6. The predicted octanol–water partition coefficient (Wildman–Crippen LogP) is 6.96. The van der Waals surface area contributed by atoms with Crippen LogP contribution in [-0.2, 0) is 49.7 Å². The molecule has 0 unspecified atom stereocenters. The summed E-state index contributed by atoms with van der Waals surface area (Å²) in [6.07, 6.45) is -3.71. The Kier molecular flexibility index (Phi) is 37.5. The van der Waals surface area contributed by atoms with Crippen molar-refractivity contribution in [1.82, 2.24) is 0 Å². The van der Waals surface area contributed by atoms with Crippen LogP contribution < -0.4 is 69.8 Å². The molecule has 0 atom stereocenters. The van der Waals surface area contributed by atoms with E-state index in [1.54, 1.807) is 32.0 Å². The number of methoxy groups -OCH3 is 9. The number of benzene rings is 6. The van der Waals surface area contributed by atoms with E-state index in [4.69, 9.17) is 29.5 Å². The van der Waals surface area contributed by atoms with Crippen LogP contribution in [0.4, 0.5) is 26.3 Å². The van der Waals surface area contributed by atoms with E-state index in [9.17, 15) is 88.1 Å². The van der Waals surface area contributed by atoms with Gasteiger partial charge in [0.15, 0.2) is 17.2 Å². The Hall–Kier alpha value is -9.52. The average Bonchev–Trinajstić information content (AvgIpc) is 0.780. The summed E-state index contributed by atoms with van der Waals surface area (Å²) < 4.78 is 145. The second-order valence-electron chi connectivity index (χ2n) is 18.6. The molecule has 0 bridgehead atoms. The second kappa shape index (κ2) is 41.5. The fourth-order valence-corrected chi connectivity index (χ4v) is 8.08. The van der Waals surface area contributed by atoms with Crippen molar-refractivity contribution in [3.05, 3.63) is 175 Å². The number of ether oxygens (including phenoxy) is 10. The third-order valence-corrected chi connectivity index (χ3v) is 13.2. The minimum atomic E-state index is -6.05. The Morgan fingerprint density at radius 1 is 0.439 bits per heavy atom. The predicted molar refractivity (Wildman–Crippen MR) is 326 cm³/mol. The van der Waals surface area contributed by atoms with Crippen LogP contribution in [0.25, 0.3) is 0 Å². The van der Waals surface area contributed by atoms with Gasteiger partial charge in [-0.05, 0) is 104 Å². The summed E-state index contributed by atoms with van der Waals surface area (Å²) in [4.78, 5) is 101. The van der Waals surface area contributed by atoms with Gasteiger partial charge in [0.05, 0.1) is 98.4 Å². The van der Waals surface area contributed by atoms with Crippen molar-refractivity contribution < 1.29 is 206 Å². The van der Waals surface area contributed by atoms with Gasteiger partial charge >= 0.3 is 127 Å². The standard InChI is InChI=1S/C12H11F3O7S.C12H14O5.C10H11F3O.C10H10O6.C10H10O5.C9H10O3.K/c1-6-4-5-7(10(16)20-2)8(11(17)21-3)9(6)22-23(18,19)12(13,14)15;1-7-5-6-8(11(13)16-3)9(10(7)15-2)12(14)17-4;11-10(12,13)8-14-7-6-9-4-2-1-3-5-9;1-15-9(13)5-3-4-6(11)8(12)7(5)10(14)16-2;1-5-3-4-6(9(11)12)7(10(13)14)8(5)15-2;1-6-3-4-7(9(10)11)5-8(6)12-2;/h4-5H,1-3H3;5-6H,1-4H3;1-5H,6-8H2;3-4,11-12H,1-2H3;3-4H,1-2H3,(H,11,12)(H,13,14);3-5H,1-2H3,(H,10,11);/q;;;;;;+1. The average molecular weight is 1440 g/mol. The van der Waals surface area contributed by atoms with Crippen molar-refractivity contribution in [2.45, 2.75) is 45.8 Å². The van der Waals surface area contributed by atoms with E-state index >= 15 is 0 Å². The quantitative estimate of drug-likeness (QED) is 0.00848. The first kappa shape index (κ1) is 88.5. The molecule has 0 aliphatic carbocycles. The minimum absolute atomic E-state index is 0. The molecule has 0 aliphatic heterocycles. The molecule has 0 spiro atoms. The molecular formula is C63H66F6KO27S+. The molecule has 0 aromatic heterocycles. The van der Waals surface area contributed by atoms with E-state index in [1.807, 2.05) is 37.3 Å². The summed E-state index contributed by atoms with van der Waals surface area (Å²) in [6.45, 7) is 5.41. The molecule has 5 N–H and O–H groups in total. The number of aromatic hydroxyl groups is 2. The summed E-state index contributed by atoms with van der Waals surface area (Å²) in [5.74, 6) is -10.1. The van der Waals surface area contributed by atoms with Gasteiger partial charge in [0.25, 0.3) is 0 Å². The van der Waals surface area contributed by atoms with Gasteiger partial charge in [-0.2, -0.15) is 34.8 Å². The SMILES string of the molecule is COC(=O)c1ccc(C)c(OC)c1C(=O)OC.COC(=O)c1ccc(C)c(OS(=O)(=O)C(F)(F)F)c1C(=O)OC.COC(=O)c1ccc(O)c(O)c1C(=O)OC.COc1c(C)ccc(C(=O)O)c1C(=O)O.COc1cc(C(=O)O)ccc1C.FC(F)(F)COCCc1ccccc1.[K+]. The van der Waals surface area contributed by atoms with E-state index in [-0.39, 0.29) is 103 Å². The number of carbonyl (C=O) groups excluding carboxylic acids is 6. The number of alkyl halides is 6. The molecule has 0 saturated carbocycles. The van der Waals surface area contributed by atoms with Gasteiger partial charge in [0.2, 0.25) is 0 Å². The van der Waals surface area contributed by atoms with E-state index in [0.29, 0.717) is 23.5 Å². The first-order valence-corrected chi connectivity index (χ1v) is 28.2. The van der Waals surface area contributed by atoms with Gasteiger partial charge in [0.1, 0.15) is 46.1 Å². The van der Waals surface area contributed by atoms with Gasteiger partial charge in [0, 0.05) is 0 Å². The number of aryl methyl sites for hydroxylation is 4. The number of hydrogen-bond donors (Lipinski definition) is 5. The number of carboxylic acids is 3. The Labute approximate surface area is 598 Å². The van der Waals surface area contributed by atoms with Crippen LogP contribution in [0.2, 0.25) is 0 Å². The molecule has 6 aromatic rings. The first-order valence-electron chi connectivity index (χ1n) is 26.8. The molecule has 27 nitrogen and oxygen atoms in total. The summed E-state index contributed by atoms with van der Waals surface area (Å²) in [5.41, 5.74) is -4.63. The van der Waals surface area contributed by atoms with Gasteiger partial charge in [-0.1, -0.05) is 54.6 Å². The number of carboxylic acid groups (broad SMARTS) is 3. The zero-order valence-corrected chi connectivity index (χ0v) is 58.7. The van der Waals surface area contributed by atoms with Crippen molar-refractivity contribution in [3.8, 4) is 34.5 Å². The molecule has 0 amide bonds. The first-order chi connectivity index (χ1) is 45.3. The summed E-state index contributed by atoms with van der Waals surface area (Å²) >= 11 is 0. The summed E-state index contributed by atoms with van der Waals surface area (Å²) in [5, 5.41) is 45.0. The molecule has 0 aliphatic rings. The van der Waals surface area contributed by atoms with Crippen LogP contribution in [0, 0.1) is 27.7 Å². The zero-order valence-electron chi connectivity index (χ0n) is 54.8. The maximum Gasteiger partial charge on any atom is 1.00 e. The fraction of sp³-hybridized carbons (Fsp3) is 0.286. The van der Waals surface area contributed by atoms with Gasteiger partial charge in [-0.15, -0.1) is 0 Å². The van der Waals surface area contributed by atoms with Crippen LogP contribution in [-0.4, -0.2) is 177 Å². The third-order valence-electron chi connectivity index (χ3n) is 12.2. The molecule has 6 rings (SSSR count). The van der Waals surface area contributed by atoms with Crippen molar-refractivity contribution in [3.63, 3.8) is 0 Å². The number of aromatic carboxylic acids is 3. The van der Waals surface area contributed by atoms with Crippen LogP contribution in [0.3, 0.4) is 0 Å².